The summed E-state index contributed by atoms with van der Waals surface area (Å²) in [7, 11) is 0. The van der Waals surface area contributed by atoms with E-state index in [-0.39, 0.29) is 6.61 Å². The van der Waals surface area contributed by atoms with Gasteiger partial charge in [0.25, 0.3) is 0 Å². The first-order chi connectivity index (χ1) is 8.33. The molecule has 2 atom stereocenters. The summed E-state index contributed by atoms with van der Waals surface area (Å²) < 4.78 is 0. The van der Waals surface area contributed by atoms with Gasteiger partial charge in [-0.3, -0.25) is 4.90 Å². The van der Waals surface area contributed by atoms with Crippen LogP contribution in [0, 0.1) is 0 Å². The van der Waals surface area contributed by atoms with E-state index in [0.717, 1.165) is 6.54 Å². The van der Waals surface area contributed by atoms with Crippen molar-refractivity contribution in [1.29, 1.82) is 0 Å². The van der Waals surface area contributed by atoms with Crippen molar-refractivity contribution in [3.8, 4) is 0 Å². The van der Waals surface area contributed by atoms with Gasteiger partial charge in [0.15, 0.2) is 0 Å². The maximum atomic E-state index is 9.30. The van der Waals surface area contributed by atoms with Crippen LogP contribution in [0.2, 0.25) is 0 Å². The van der Waals surface area contributed by atoms with Crippen LogP contribution in [0.25, 0.3) is 0 Å². The topological polar surface area (TPSA) is 49.5 Å². The second-order valence-corrected chi connectivity index (χ2v) is 5.77. The van der Waals surface area contributed by atoms with Gasteiger partial charge in [-0.15, -0.1) is 0 Å². The summed E-state index contributed by atoms with van der Waals surface area (Å²) in [4.78, 5) is 2.54. The van der Waals surface area contributed by atoms with Crippen molar-refractivity contribution in [2.45, 2.75) is 75.9 Å². The van der Waals surface area contributed by atoms with Crippen molar-refractivity contribution in [3.05, 3.63) is 0 Å². The van der Waals surface area contributed by atoms with Gasteiger partial charge in [0.1, 0.15) is 0 Å². The molecular formula is C14H28N2O. The largest absolute Gasteiger partial charge is 0.395 e. The molecule has 0 saturated heterocycles. The van der Waals surface area contributed by atoms with E-state index in [0.29, 0.717) is 18.1 Å². The fourth-order valence-electron chi connectivity index (χ4n) is 3.70. The SMILES string of the molecule is NC1CCCCC1N(CCO)C1CCCCC1. The standard InChI is InChI=1S/C14H28N2O/c15-13-8-4-5-9-14(13)16(10-11-17)12-6-2-1-3-7-12/h12-14,17H,1-11,15H2. The van der Waals surface area contributed by atoms with E-state index in [2.05, 4.69) is 4.90 Å². The van der Waals surface area contributed by atoms with Gasteiger partial charge in [-0.2, -0.15) is 0 Å². The van der Waals surface area contributed by atoms with Gasteiger partial charge in [-0.25, -0.2) is 0 Å². The molecule has 2 aliphatic rings. The Morgan fingerprint density at radius 2 is 1.59 bits per heavy atom. The minimum Gasteiger partial charge on any atom is -0.395 e. The predicted octanol–water partition coefficient (Wildman–Crippen LogP) is 1.88. The molecule has 2 saturated carbocycles. The van der Waals surface area contributed by atoms with Gasteiger partial charge in [-0.1, -0.05) is 32.1 Å². The van der Waals surface area contributed by atoms with Crippen LogP contribution in [0.15, 0.2) is 0 Å². The van der Waals surface area contributed by atoms with E-state index in [9.17, 15) is 5.11 Å². The summed E-state index contributed by atoms with van der Waals surface area (Å²) in [5.41, 5.74) is 6.29. The number of aliphatic hydroxyl groups excluding tert-OH is 1. The molecule has 0 aromatic rings. The molecule has 0 spiro atoms. The molecule has 2 unspecified atom stereocenters. The van der Waals surface area contributed by atoms with Crippen LogP contribution in [-0.2, 0) is 0 Å². The average Bonchev–Trinajstić information content (AvgIpc) is 2.38. The maximum absolute atomic E-state index is 9.30. The van der Waals surface area contributed by atoms with Crippen molar-refractivity contribution < 1.29 is 5.11 Å². The van der Waals surface area contributed by atoms with Crippen LogP contribution >= 0.6 is 0 Å². The third-order valence-corrected chi connectivity index (χ3v) is 4.61. The number of hydrogen-bond donors (Lipinski definition) is 2. The molecule has 0 aromatic carbocycles. The van der Waals surface area contributed by atoms with Gasteiger partial charge >= 0.3 is 0 Å². The highest BCUT2D eigenvalue weighted by atomic mass is 16.3. The van der Waals surface area contributed by atoms with Crippen molar-refractivity contribution in [3.63, 3.8) is 0 Å². The Morgan fingerprint density at radius 3 is 2.24 bits per heavy atom. The summed E-state index contributed by atoms with van der Waals surface area (Å²) >= 11 is 0. The van der Waals surface area contributed by atoms with Gasteiger partial charge in [-0.05, 0) is 25.7 Å². The lowest BCUT2D eigenvalue weighted by atomic mass is 9.86. The molecule has 0 amide bonds. The Balaban J connectivity index is 1.98. The minimum absolute atomic E-state index is 0.278. The summed E-state index contributed by atoms with van der Waals surface area (Å²) in [5.74, 6) is 0. The molecule has 0 aliphatic heterocycles. The van der Waals surface area contributed by atoms with E-state index >= 15 is 0 Å². The molecule has 3 heteroatoms. The zero-order chi connectivity index (χ0) is 12.1. The molecular weight excluding hydrogens is 212 g/mol. The number of nitrogens with two attached hydrogens (primary N) is 1. The molecule has 0 radical (unpaired) electrons. The van der Waals surface area contributed by atoms with E-state index in [4.69, 9.17) is 5.73 Å². The molecule has 3 nitrogen and oxygen atoms in total. The predicted molar refractivity (Wildman–Crippen MR) is 70.9 cm³/mol. The summed E-state index contributed by atoms with van der Waals surface area (Å²) in [5, 5.41) is 9.30. The minimum atomic E-state index is 0.278. The highest BCUT2D eigenvalue weighted by molar-refractivity contribution is 4.90. The molecule has 0 bridgehead atoms. The number of aliphatic hydroxyl groups is 1. The van der Waals surface area contributed by atoms with Crippen LogP contribution in [-0.4, -0.2) is 41.3 Å². The molecule has 2 aliphatic carbocycles. The van der Waals surface area contributed by atoms with Gasteiger partial charge in [0.2, 0.25) is 0 Å². The molecule has 0 heterocycles. The Labute approximate surface area is 105 Å². The van der Waals surface area contributed by atoms with Crippen molar-refractivity contribution in [2.24, 2.45) is 5.73 Å². The summed E-state index contributed by atoms with van der Waals surface area (Å²) in [6, 6.07) is 1.54. The first-order valence-electron chi connectivity index (χ1n) is 7.45. The normalized spacial score (nSPS) is 31.9. The molecule has 17 heavy (non-hydrogen) atoms. The van der Waals surface area contributed by atoms with Gasteiger partial charge < -0.3 is 10.8 Å². The number of rotatable bonds is 4. The molecule has 2 fully saturated rings. The zero-order valence-electron chi connectivity index (χ0n) is 11.0. The lowest BCUT2D eigenvalue weighted by Gasteiger charge is -2.44. The number of nitrogens with zero attached hydrogens (tertiary/aromatic N) is 1. The van der Waals surface area contributed by atoms with Crippen LogP contribution in [0.1, 0.15) is 57.8 Å². The smallest absolute Gasteiger partial charge is 0.0558 e. The van der Waals surface area contributed by atoms with Crippen molar-refractivity contribution >= 4 is 0 Å². The summed E-state index contributed by atoms with van der Waals surface area (Å²) in [6.45, 7) is 1.10. The van der Waals surface area contributed by atoms with Crippen LogP contribution in [0.5, 0.6) is 0 Å². The fourth-order valence-corrected chi connectivity index (χ4v) is 3.70. The van der Waals surface area contributed by atoms with E-state index < -0.39 is 0 Å². The number of hydrogen-bond acceptors (Lipinski definition) is 3. The second-order valence-electron chi connectivity index (χ2n) is 5.77. The average molecular weight is 240 g/mol. The third kappa shape index (κ3) is 3.43. The Bertz CT molecular complexity index is 216. The quantitative estimate of drug-likeness (QED) is 0.789. The van der Waals surface area contributed by atoms with Gasteiger partial charge in [0, 0.05) is 24.7 Å². The molecule has 0 aromatic heterocycles. The highest BCUT2D eigenvalue weighted by Crippen LogP contribution is 2.29. The first-order valence-corrected chi connectivity index (χ1v) is 7.45. The fraction of sp³-hybridized carbons (Fsp3) is 1.00. The van der Waals surface area contributed by atoms with E-state index in [1.807, 2.05) is 0 Å². The van der Waals surface area contributed by atoms with Crippen LogP contribution in [0.3, 0.4) is 0 Å². The Hall–Kier alpha value is -0.120. The van der Waals surface area contributed by atoms with E-state index in [1.54, 1.807) is 0 Å². The van der Waals surface area contributed by atoms with Gasteiger partial charge in [0.05, 0.1) is 6.61 Å². The lowest BCUT2D eigenvalue weighted by Crippen LogP contribution is -2.54. The first kappa shape index (κ1) is 13.3. The monoisotopic (exact) mass is 240 g/mol. The van der Waals surface area contributed by atoms with Crippen LogP contribution < -0.4 is 5.73 Å². The zero-order valence-corrected chi connectivity index (χ0v) is 11.0. The lowest BCUT2D eigenvalue weighted by molar-refractivity contribution is 0.0522. The Morgan fingerprint density at radius 1 is 0.941 bits per heavy atom. The molecule has 2 rings (SSSR count). The molecule has 100 valence electrons. The third-order valence-electron chi connectivity index (χ3n) is 4.61. The van der Waals surface area contributed by atoms with Crippen molar-refractivity contribution in [1.82, 2.24) is 4.90 Å². The Kier molecular flexibility index (Phi) is 5.26. The van der Waals surface area contributed by atoms with Crippen molar-refractivity contribution in [2.75, 3.05) is 13.2 Å². The van der Waals surface area contributed by atoms with E-state index in [1.165, 1.54) is 57.8 Å². The molecule has 3 N–H and O–H groups in total. The summed E-state index contributed by atoms with van der Waals surface area (Å²) in [6.07, 6.45) is 11.7. The highest BCUT2D eigenvalue weighted by Gasteiger charge is 2.32. The maximum Gasteiger partial charge on any atom is 0.0558 e. The second kappa shape index (κ2) is 6.72. The van der Waals surface area contributed by atoms with Crippen LogP contribution in [0.4, 0.5) is 0 Å².